The summed E-state index contributed by atoms with van der Waals surface area (Å²) >= 11 is 0. The van der Waals surface area contributed by atoms with E-state index in [2.05, 4.69) is 20.5 Å². The quantitative estimate of drug-likeness (QED) is 0.213. The Labute approximate surface area is 281 Å². The molecule has 0 unspecified atom stereocenters. The van der Waals surface area contributed by atoms with Crippen LogP contribution in [0.3, 0.4) is 0 Å². The summed E-state index contributed by atoms with van der Waals surface area (Å²) in [5.41, 5.74) is -0.649. The third-order valence-electron chi connectivity index (χ3n) is 9.92. The summed E-state index contributed by atoms with van der Waals surface area (Å²) in [5, 5.41) is 9.13. The first-order valence-corrected chi connectivity index (χ1v) is 18.8. The molecule has 2 heterocycles. The number of benzene rings is 1. The SMILES string of the molecule is O=C(N[C@H]1CCCCC/C=C\[C@@H]2C[C@]2(C(=O)NS(=O)(=O)C2CC2)NC(=O)[C@@H]2C[C@@H](O/N=C/c3ccccc3)CN2C1=O)OC1CCCC1. The Morgan fingerprint density at radius 1 is 0.979 bits per heavy atom. The number of fused-ring (bicyclic) bond motifs is 2. The zero-order valence-electron chi connectivity index (χ0n) is 27.1. The number of alkyl carbamates (subject to hydrolysis) is 1. The summed E-state index contributed by atoms with van der Waals surface area (Å²) in [4.78, 5) is 61.9. The van der Waals surface area contributed by atoms with Crippen LogP contribution < -0.4 is 15.4 Å². The van der Waals surface area contributed by atoms with Gasteiger partial charge in [-0.3, -0.25) is 19.1 Å². The second kappa shape index (κ2) is 14.7. The Morgan fingerprint density at radius 3 is 2.48 bits per heavy atom. The zero-order chi connectivity index (χ0) is 33.7. The number of nitrogens with one attached hydrogen (secondary N) is 3. The van der Waals surface area contributed by atoms with E-state index in [1.807, 2.05) is 42.5 Å². The van der Waals surface area contributed by atoms with Gasteiger partial charge in [0.05, 0.1) is 18.0 Å². The molecular formula is C34H45N5O8S. The molecule has 2 aliphatic heterocycles. The van der Waals surface area contributed by atoms with Gasteiger partial charge in [-0.15, -0.1) is 0 Å². The van der Waals surface area contributed by atoms with Crippen LogP contribution in [-0.4, -0.2) is 85.0 Å². The maximum absolute atomic E-state index is 14.2. The molecule has 4 fully saturated rings. The number of oxime groups is 1. The number of nitrogens with zero attached hydrogens (tertiary/aromatic N) is 2. The van der Waals surface area contributed by atoms with E-state index in [1.54, 1.807) is 6.21 Å². The highest BCUT2D eigenvalue weighted by molar-refractivity contribution is 7.91. The average Bonchev–Trinajstić information content (AvgIpc) is 3.93. The zero-order valence-corrected chi connectivity index (χ0v) is 27.9. The van der Waals surface area contributed by atoms with Gasteiger partial charge in [0.2, 0.25) is 21.8 Å². The minimum atomic E-state index is -3.85. The summed E-state index contributed by atoms with van der Waals surface area (Å²) in [7, 11) is -3.85. The molecule has 1 aromatic rings. The Bertz CT molecular complexity index is 1520. The fraction of sp³-hybridized carbons (Fsp3) is 0.618. The number of allylic oxidation sites excluding steroid dienone is 1. The van der Waals surface area contributed by atoms with Crippen LogP contribution in [0.25, 0.3) is 0 Å². The molecule has 13 nitrogen and oxygen atoms in total. The topological polar surface area (TPSA) is 173 Å². The maximum Gasteiger partial charge on any atom is 0.408 e. The molecule has 3 saturated carbocycles. The standard InChI is InChI=1S/C34H45N5O8S/c40-30-29-19-26(47-35-21-23-11-5-4-6-12-23)22-39(29)31(41)28(36-33(43)46-25-14-9-10-15-25)16-8-3-1-2-7-13-24-20-34(24,37-30)32(42)38-48(44,45)27-17-18-27/h4-7,11-13,21,24-29H,1-3,8-10,14-20,22H2,(H,36,43)(H,37,40)(H,38,42)/b13-7-,35-21+/t24-,26-,28+,29+,34+/m1/s1. The van der Waals surface area contributed by atoms with Gasteiger partial charge in [-0.05, 0) is 69.8 Å². The van der Waals surface area contributed by atoms with Crippen LogP contribution in [0, 0.1) is 5.92 Å². The Balaban J connectivity index is 1.23. The maximum atomic E-state index is 14.2. The van der Waals surface area contributed by atoms with E-state index in [4.69, 9.17) is 9.57 Å². The van der Waals surface area contributed by atoms with Crippen LogP contribution in [0.4, 0.5) is 4.79 Å². The number of sulfonamides is 1. The van der Waals surface area contributed by atoms with Gasteiger partial charge in [0.1, 0.15) is 29.8 Å². The van der Waals surface area contributed by atoms with Crippen molar-refractivity contribution in [3.8, 4) is 0 Å². The minimum Gasteiger partial charge on any atom is -0.446 e. The van der Waals surface area contributed by atoms with Gasteiger partial charge >= 0.3 is 6.09 Å². The molecule has 3 N–H and O–H groups in total. The van der Waals surface area contributed by atoms with Crippen LogP contribution in [-0.2, 0) is 34.0 Å². The summed E-state index contributed by atoms with van der Waals surface area (Å²) in [5.74, 6) is -2.22. The van der Waals surface area contributed by atoms with Crippen LogP contribution in [0.5, 0.6) is 0 Å². The van der Waals surface area contributed by atoms with Gasteiger partial charge < -0.3 is 25.1 Å². The van der Waals surface area contributed by atoms with Crippen molar-refractivity contribution in [2.75, 3.05) is 6.54 Å². The predicted molar refractivity (Wildman–Crippen MR) is 176 cm³/mol. The first kappa shape index (κ1) is 33.9. The average molecular weight is 684 g/mol. The molecule has 260 valence electrons. The fourth-order valence-corrected chi connectivity index (χ4v) is 8.25. The van der Waals surface area contributed by atoms with Gasteiger partial charge in [-0.2, -0.15) is 0 Å². The molecule has 5 atom stereocenters. The van der Waals surface area contributed by atoms with Crippen LogP contribution in [0.15, 0.2) is 47.6 Å². The second-order valence-corrected chi connectivity index (χ2v) is 15.6. The molecule has 6 rings (SSSR count). The lowest BCUT2D eigenvalue weighted by Crippen LogP contribution is -2.58. The van der Waals surface area contributed by atoms with Crippen molar-refractivity contribution in [2.45, 2.75) is 119 Å². The van der Waals surface area contributed by atoms with Gasteiger partial charge in [0, 0.05) is 12.3 Å². The number of amides is 4. The molecule has 4 amide bonds. The molecule has 1 saturated heterocycles. The van der Waals surface area contributed by atoms with Crippen molar-refractivity contribution in [3.63, 3.8) is 0 Å². The van der Waals surface area contributed by atoms with E-state index in [0.717, 1.165) is 50.5 Å². The lowest BCUT2D eigenvalue weighted by molar-refractivity contribution is -0.141. The highest BCUT2D eigenvalue weighted by Crippen LogP contribution is 2.46. The highest BCUT2D eigenvalue weighted by Gasteiger charge is 2.62. The normalized spacial score (nSPS) is 30.7. The van der Waals surface area contributed by atoms with Crippen LogP contribution >= 0.6 is 0 Å². The fourth-order valence-electron chi connectivity index (χ4n) is 6.89. The van der Waals surface area contributed by atoms with Crippen molar-refractivity contribution < 1.29 is 37.2 Å². The van der Waals surface area contributed by atoms with Gasteiger partial charge in [0.15, 0.2) is 0 Å². The molecule has 3 aliphatic carbocycles. The third-order valence-corrected chi connectivity index (χ3v) is 11.7. The Kier molecular flexibility index (Phi) is 10.4. The van der Waals surface area contributed by atoms with E-state index in [1.165, 1.54) is 4.90 Å². The summed E-state index contributed by atoms with van der Waals surface area (Å²) in [6.45, 7) is 0.0253. The number of ether oxygens (including phenoxy) is 1. The highest BCUT2D eigenvalue weighted by atomic mass is 32.2. The molecular weight excluding hydrogens is 638 g/mol. The molecule has 1 aromatic carbocycles. The number of carbonyl (C=O) groups is 4. The largest absolute Gasteiger partial charge is 0.446 e. The van der Waals surface area contributed by atoms with Crippen LogP contribution in [0.2, 0.25) is 0 Å². The molecule has 0 spiro atoms. The summed E-state index contributed by atoms with van der Waals surface area (Å²) in [6, 6.07) is 7.34. The van der Waals surface area contributed by atoms with Gasteiger partial charge in [0.25, 0.3) is 5.91 Å². The molecule has 14 heteroatoms. The van der Waals surface area contributed by atoms with E-state index in [-0.39, 0.29) is 25.5 Å². The monoisotopic (exact) mass is 683 g/mol. The van der Waals surface area contributed by atoms with Gasteiger partial charge in [-0.25, -0.2) is 13.2 Å². The smallest absolute Gasteiger partial charge is 0.408 e. The molecule has 48 heavy (non-hydrogen) atoms. The lowest BCUT2D eigenvalue weighted by Gasteiger charge is -2.30. The number of rotatable bonds is 8. The number of carbonyl (C=O) groups excluding carboxylic acids is 4. The van der Waals surface area contributed by atoms with E-state index < -0.39 is 68.7 Å². The molecule has 0 radical (unpaired) electrons. The summed E-state index contributed by atoms with van der Waals surface area (Å²) < 4.78 is 33.2. The van der Waals surface area contributed by atoms with Crippen molar-refractivity contribution in [1.82, 2.24) is 20.3 Å². The second-order valence-electron chi connectivity index (χ2n) is 13.6. The first-order chi connectivity index (χ1) is 23.1. The molecule has 5 aliphatic rings. The molecule has 0 aromatic heterocycles. The Morgan fingerprint density at radius 2 is 1.73 bits per heavy atom. The molecule has 0 bridgehead atoms. The number of hydrogen-bond acceptors (Lipinski definition) is 9. The first-order valence-electron chi connectivity index (χ1n) is 17.2. The van der Waals surface area contributed by atoms with Gasteiger partial charge in [-0.1, -0.05) is 60.5 Å². The van der Waals surface area contributed by atoms with Crippen molar-refractivity contribution in [2.24, 2.45) is 11.1 Å². The van der Waals surface area contributed by atoms with E-state index >= 15 is 0 Å². The number of hydrogen-bond donors (Lipinski definition) is 3. The predicted octanol–water partition coefficient (Wildman–Crippen LogP) is 3.05. The van der Waals surface area contributed by atoms with E-state index in [0.29, 0.717) is 25.7 Å². The van der Waals surface area contributed by atoms with Crippen molar-refractivity contribution in [1.29, 1.82) is 0 Å². The Hall–Kier alpha value is -3.94. The lowest BCUT2D eigenvalue weighted by atomic mass is 10.0. The van der Waals surface area contributed by atoms with Crippen LogP contribution in [0.1, 0.15) is 89.0 Å². The van der Waals surface area contributed by atoms with Crippen molar-refractivity contribution in [3.05, 3.63) is 48.0 Å². The van der Waals surface area contributed by atoms with Crippen molar-refractivity contribution >= 4 is 40.1 Å². The summed E-state index contributed by atoms with van der Waals surface area (Å²) in [6.07, 6.45) is 12.1. The van der Waals surface area contributed by atoms with E-state index in [9.17, 15) is 27.6 Å². The third kappa shape index (κ3) is 8.19. The minimum absolute atomic E-state index is 0.0253.